The minimum absolute atomic E-state index is 0.0526. The van der Waals surface area contributed by atoms with Crippen LogP contribution >= 0.6 is 7.82 Å². The Kier molecular flexibility index (Phi) is 37.3. The van der Waals surface area contributed by atoms with Crippen molar-refractivity contribution in [3.8, 4) is 0 Å². The summed E-state index contributed by atoms with van der Waals surface area (Å²) in [7, 11) is 1.09. The van der Waals surface area contributed by atoms with Crippen LogP contribution in [0.15, 0.2) is 97.2 Å². The summed E-state index contributed by atoms with van der Waals surface area (Å²) in [6, 6.07) is 0. The van der Waals surface area contributed by atoms with Gasteiger partial charge in [0.1, 0.15) is 19.8 Å². The normalized spacial score (nSPS) is 14.5. The van der Waals surface area contributed by atoms with Crippen molar-refractivity contribution in [2.75, 3.05) is 47.5 Å². The molecule has 0 heterocycles. The predicted molar refractivity (Wildman–Crippen MR) is 240 cm³/mol. The van der Waals surface area contributed by atoms with Crippen molar-refractivity contribution in [2.24, 2.45) is 0 Å². The van der Waals surface area contributed by atoms with Crippen LogP contribution in [0.25, 0.3) is 0 Å². The van der Waals surface area contributed by atoms with E-state index in [2.05, 4.69) is 98.9 Å². The van der Waals surface area contributed by atoms with Gasteiger partial charge in [0.15, 0.2) is 6.10 Å². The molecular weight excluding hydrogens is 750 g/mol. The Morgan fingerprint density at radius 3 is 1.60 bits per heavy atom. The lowest BCUT2D eigenvalue weighted by atomic mass is 10.1. The van der Waals surface area contributed by atoms with Crippen molar-refractivity contribution < 1.29 is 42.1 Å². The van der Waals surface area contributed by atoms with Gasteiger partial charge in [-0.1, -0.05) is 150 Å². The second-order valence-corrected chi connectivity index (χ2v) is 16.8. The molecule has 10 heteroatoms. The molecule has 0 N–H and O–H groups in total. The zero-order valence-corrected chi connectivity index (χ0v) is 37.8. The van der Waals surface area contributed by atoms with E-state index in [9.17, 15) is 19.0 Å². The average molecular weight is 830 g/mol. The summed E-state index contributed by atoms with van der Waals surface area (Å²) < 4.78 is 33.8. The van der Waals surface area contributed by atoms with E-state index in [1.54, 1.807) is 0 Å². The van der Waals surface area contributed by atoms with Crippen LogP contribution in [0.2, 0.25) is 0 Å². The first kappa shape index (κ1) is 54.9. The lowest BCUT2D eigenvalue weighted by molar-refractivity contribution is -0.870. The molecule has 0 aliphatic heterocycles. The van der Waals surface area contributed by atoms with Gasteiger partial charge in [-0.2, -0.15) is 0 Å². The van der Waals surface area contributed by atoms with Gasteiger partial charge >= 0.3 is 11.9 Å². The molecule has 0 aliphatic rings. The van der Waals surface area contributed by atoms with E-state index in [1.807, 2.05) is 33.3 Å². The van der Waals surface area contributed by atoms with E-state index in [0.717, 1.165) is 77.0 Å². The number of phosphoric acid groups is 1. The lowest BCUT2D eigenvalue weighted by Crippen LogP contribution is -2.37. The Morgan fingerprint density at radius 2 is 1.07 bits per heavy atom. The number of esters is 2. The van der Waals surface area contributed by atoms with Gasteiger partial charge in [-0.05, 0) is 77.0 Å². The molecule has 2 atom stereocenters. The number of likely N-dealkylation sites (N-methyl/N-ethyl adjacent to an activating group) is 1. The molecule has 0 aromatic heterocycles. The maximum atomic E-state index is 12.6. The van der Waals surface area contributed by atoms with Crippen LogP contribution in [0.3, 0.4) is 0 Å². The molecular formula is C48H80NO8P. The van der Waals surface area contributed by atoms with Gasteiger partial charge in [0, 0.05) is 12.8 Å². The number of rotatable bonds is 38. The summed E-state index contributed by atoms with van der Waals surface area (Å²) in [5.41, 5.74) is 0. The smallest absolute Gasteiger partial charge is 0.306 e. The summed E-state index contributed by atoms with van der Waals surface area (Å²) in [6.07, 6.45) is 51.6. The summed E-state index contributed by atoms with van der Waals surface area (Å²) in [6.45, 7) is 3.96. The zero-order valence-electron chi connectivity index (χ0n) is 36.9. The molecule has 0 aliphatic carbocycles. The van der Waals surface area contributed by atoms with Crippen LogP contribution in [0, 0.1) is 0 Å². The summed E-state index contributed by atoms with van der Waals surface area (Å²) >= 11 is 0. The SMILES string of the molecule is CC/C=C/C/C=C/C/C=C/C/C=C/C/C=C/C/C=C/CCC(=O)O[C@H](COC(=O)CCCCCCC/C=C/C=C/CCCCCC)COP(=O)([O-])OCC[N+](C)(C)C. The van der Waals surface area contributed by atoms with Crippen molar-refractivity contribution in [2.45, 2.75) is 148 Å². The van der Waals surface area contributed by atoms with Crippen LogP contribution in [0.5, 0.6) is 0 Å². The van der Waals surface area contributed by atoms with E-state index in [1.165, 1.54) is 25.7 Å². The molecule has 9 nitrogen and oxygen atoms in total. The molecule has 0 saturated carbocycles. The first-order chi connectivity index (χ1) is 28.0. The van der Waals surface area contributed by atoms with Gasteiger partial charge in [-0.25, -0.2) is 0 Å². The summed E-state index contributed by atoms with van der Waals surface area (Å²) in [4.78, 5) is 37.5. The van der Waals surface area contributed by atoms with Gasteiger partial charge in [0.2, 0.25) is 0 Å². The second kappa shape index (κ2) is 39.4. The van der Waals surface area contributed by atoms with E-state index < -0.39 is 32.5 Å². The molecule has 0 aromatic carbocycles. The molecule has 0 spiro atoms. The number of phosphoric ester groups is 1. The van der Waals surface area contributed by atoms with Gasteiger partial charge in [-0.3, -0.25) is 14.2 Å². The molecule has 1 unspecified atom stereocenters. The molecule has 330 valence electrons. The first-order valence-electron chi connectivity index (χ1n) is 22.0. The number of carbonyl (C=O) groups is 2. The monoisotopic (exact) mass is 830 g/mol. The highest BCUT2D eigenvalue weighted by Crippen LogP contribution is 2.38. The van der Waals surface area contributed by atoms with E-state index >= 15 is 0 Å². The standard InChI is InChI=1S/C48H80NO8P/c1-6-8-10-12-14-16-18-20-22-23-24-25-27-29-31-33-35-37-39-41-48(51)57-46(45-56-58(52,53)55-43-42-49(3,4)5)44-54-47(50)40-38-36-34-32-30-28-26-21-19-17-15-13-11-9-7-2/h8,10,14,16-17,19-22,24-26,29,31,35,37,46H,6-7,9,11-13,15,18,23,27-28,30,32-34,36,38-45H2,1-5H3/b10-8+,16-14+,19-17+,22-20+,25-24+,26-21+,31-29+,37-35+/t46-/m1/s1. The highest BCUT2D eigenvalue weighted by molar-refractivity contribution is 7.45. The quantitative estimate of drug-likeness (QED) is 0.0151. The molecule has 0 amide bonds. The van der Waals surface area contributed by atoms with Crippen LogP contribution < -0.4 is 4.89 Å². The number of unbranched alkanes of at least 4 members (excludes halogenated alkanes) is 9. The third-order valence-electron chi connectivity index (χ3n) is 8.63. The number of allylic oxidation sites excluding steroid dienone is 16. The summed E-state index contributed by atoms with van der Waals surface area (Å²) in [5, 5.41) is 0. The number of carbonyl (C=O) groups excluding carboxylic acids is 2. The molecule has 0 saturated heterocycles. The number of ether oxygens (including phenoxy) is 2. The lowest BCUT2D eigenvalue weighted by Gasteiger charge is -2.28. The second-order valence-electron chi connectivity index (χ2n) is 15.4. The van der Waals surface area contributed by atoms with Crippen LogP contribution in [-0.4, -0.2) is 70.0 Å². The summed E-state index contributed by atoms with van der Waals surface area (Å²) in [5.74, 6) is -0.961. The predicted octanol–water partition coefficient (Wildman–Crippen LogP) is 11.9. The largest absolute Gasteiger partial charge is 0.756 e. The zero-order chi connectivity index (χ0) is 42.8. The highest BCUT2D eigenvalue weighted by Gasteiger charge is 2.21. The van der Waals surface area contributed by atoms with Gasteiger partial charge < -0.3 is 27.9 Å². The van der Waals surface area contributed by atoms with E-state index in [0.29, 0.717) is 23.9 Å². The van der Waals surface area contributed by atoms with Crippen molar-refractivity contribution >= 4 is 19.8 Å². The number of hydrogen-bond acceptors (Lipinski definition) is 8. The third kappa shape index (κ3) is 42.5. The number of nitrogens with zero attached hydrogens (tertiary/aromatic N) is 1. The topological polar surface area (TPSA) is 111 Å². The van der Waals surface area contributed by atoms with Crippen molar-refractivity contribution in [1.82, 2.24) is 0 Å². The molecule has 0 aromatic rings. The molecule has 58 heavy (non-hydrogen) atoms. The van der Waals surface area contributed by atoms with Gasteiger partial charge in [-0.15, -0.1) is 0 Å². The Bertz CT molecular complexity index is 1300. The minimum atomic E-state index is -4.66. The Morgan fingerprint density at radius 1 is 0.569 bits per heavy atom. The third-order valence-corrected chi connectivity index (χ3v) is 9.59. The Balaban J connectivity index is 4.55. The fraction of sp³-hybridized carbons (Fsp3) is 0.625. The van der Waals surface area contributed by atoms with E-state index in [4.69, 9.17) is 18.5 Å². The van der Waals surface area contributed by atoms with E-state index in [-0.39, 0.29) is 26.1 Å². The van der Waals surface area contributed by atoms with Gasteiger partial charge in [0.05, 0.1) is 27.7 Å². The van der Waals surface area contributed by atoms with Crippen molar-refractivity contribution in [3.05, 3.63) is 97.2 Å². The molecule has 0 bridgehead atoms. The van der Waals surface area contributed by atoms with Crippen LogP contribution in [0.1, 0.15) is 142 Å². The Labute approximate surface area is 353 Å². The van der Waals surface area contributed by atoms with Crippen LogP contribution in [-0.2, 0) is 32.7 Å². The van der Waals surface area contributed by atoms with Crippen LogP contribution in [0.4, 0.5) is 0 Å². The maximum Gasteiger partial charge on any atom is 0.306 e. The fourth-order valence-electron chi connectivity index (χ4n) is 5.20. The highest BCUT2D eigenvalue weighted by atomic mass is 31.2. The van der Waals surface area contributed by atoms with Crippen molar-refractivity contribution in [3.63, 3.8) is 0 Å². The number of hydrogen-bond donors (Lipinski definition) is 0. The minimum Gasteiger partial charge on any atom is -0.756 e. The average Bonchev–Trinajstić information content (AvgIpc) is 3.17. The molecule has 0 radical (unpaired) electrons. The van der Waals surface area contributed by atoms with Crippen molar-refractivity contribution in [1.29, 1.82) is 0 Å². The molecule has 0 fully saturated rings. The maximum absolute atomic E-state index is 12.6. The first-order valence-corrected chi connectivity index (χ1v) is 23.4. The molecule has 0 rings (SSSR count). The Hall–Kier alpha value is -3.07. The fourth-order valence-corrected chi connectivity index (χ4v) is 5.93. The van der Waals surface area contributed by atoms with Gasteiger partial charge in [0.25, 0.3) is 7.82 Å². The number of quaternary nitrogens is 1.